The number of benzene rings is 1. The first-order valence-corrected chi connectivity index (χ1v) is 10.1. The van der Waals surface area contributed by atoms with Gasteiger partial charge in [0.1, 0.15) is 11.8 Å². The quantitative estimate of drug-likeness (QED) is 0.498. The normalized spacial score (nSPS) is 16.7. The smallest absolute Gasteiger partial charge is 0.254 e. The molecular formula is C23H19ClN4O2. The number of nitrogens with zero attached hydrogens (tertiary/aromatic N) is 4. The lowest BCUT2D eigenvalue weighted by Crippen LogP contribution is -2.42. The van der Waals surface area contributed by atoms with Gasteiger partial charge in [0, 0.05) is 18.3 Å². The Hall–Kier alpha value is -3.22. The minimum atomic E-state index is -0.283. The largest absolute Gasteiger partial charge is 0.368 e. The maximum absolute atomic E-state index is 12.8. The summed E-state index contributed by atoms with van der Waals surface area (Å²) in [5, 5.41) is 0.628. The van der Waals surface area contributed by atoms with Crippen molar-refractivity contribution in [2.75, 3.05) is 19.7 Å². The number of halogens is 1. The van der Waals surface area contributed by atoms with Crippen molar-refractivity contribution in [3.05, 3.63) is 89.3 Å². The van der Waals surface area contributed by atoms with Crippen LogP contribution in [-0.2, 0) is 4.74 Å². The standard InChI is InChI=1S/C23H19ClN4O2/c24-17-9-10-22-25-13-20(28(22)14-17)18-7-4-8-19(26-18)21-15-27(11-12-30-21)23(29)16-5-2-1-3-6-16/h1-10,13-14,21H,11-12,15H2. The van der Waals surface area contributed by atoms with E-state index < -0.39 is 0 Å². The minimum absolute atomic E-state index is 0.0106. The van der Waals surface area contributed by atoms with E-state index in [1.54, 1.807) is 6.20 Å². The maximum Gasteiger partial charge on any atom is 0.254 e. The maximum atomic E-state index is 12.8. The van der Waals surface area contributed by atoms with Crippen molar-refractivity contribution in [1.29, 1.82) is 0 Å². The van der Waals surface area contributed by atoms with Crippen molar-refractivity contribution in [3.63, 3.8) is 0 Å². The van der Waals surface area contributed by atoms with E-state index in [-0.39, 0.29) is 12.0 Å². The number of imidazole rings is 1. The van der Waals surface area contributed by atoms with Crippen LogP contribution in [0.1, 0.15) is 22.2 Å². The average molecular weight is 419 g/mol. The molecule has 4 heterocycles. The fourth-order valence-corrected chi connectivity index (χ4v) is 3.85. The van der Waals surface area contributed by atoms with Crippen LogP contribution in [0.3, 0.4) is 0 Å². The Morgan fingerprint density at radius 1 is 1.07 bits per heavy atom. The fourth-order valence-electron chi connectivity index (χ4n) is 3.69. The summed E-state index contributed by atoms with van der Waals surface area (Å²) in [6.45, 7) is 1.50. The van der Waals surface area contributed by atoms with E-state index in [4.69, 9.17) is 21.3 Å². The second-order valence-corrected chi connectivity index (χ2v) is 7.58. The minimum Gasteiger partial charge on any atom is -0.368 e. The Balaban J connectivity index is 1.42. The number of aromatic nitrogens is 3. The molecule has 150 valence electrons. The SMILES string of the molecule is O=C(c1ccccc1)N1CCOC(c2cccc(-c3cnc4ccc(Cl)cn34)n2)C1. The van der Waals surface area contributed by atoms with Gasteiger partial charge in [-0.2, -0.15) is 0 Å². The molecule has 1 aromatic carbocycles. The third-order valence-electron chi connectivity index (χ3n) is 5.21. The fraction of sp³-hybridized carbons (Fsp3) is 0.174. The molecule has 4 aromatic rings. The van der Waals surface area contributed by atoms with Crippen molar-refractivity contribution in [1.82, 2.24) is 19.3 Å². The number of hydrogen-bond acceptors (Lipinski definition) is 4. The van der Waals surface area contributed by atoms with Crippen LogP contribution in [0.25, 0.3) is 17.0 Å². The molecule has 1 amide bonds. The molecule has 0 radical (unpaired) electrons. The Labute approximate surface area is 178 Å². The van der Waals surface area contributed by atoms with Crippen LogP contribution >= 0.6 is 11.6 Å². The van der Waals surface area contributed by atoms with Gasteiger partial charge in [0.25, 0.3) is 5.91 Å². The number of rotatable bonds is 3. The van der Waals surface area contributed by atoms with E-state index in [0.717, 1.165) is 22.7 Å². The third-order valence-corrected chi connectivity index (χ3v) is 5.43. The number of ether oxygens (including phenoxy) is 1. The zero-order valence-electron chi connectivity index (χ0n) is 16.1. The molecular weight excluding hydrogens is 400 g/mol. The number of fused-ring (bicyclic) bond motifs is 1. The summed E-state index contributed by atoms with van der Waals surface area (Å²) in [4.78, 5) is 23.9. The zero-order valence-corrected chi connectivity index (χ0v) is 16.9. The highest BCUT2D eigenvalue weighted by molar-refractivity contribution is 6.30. The van der Waals surface area contributed by atoms with E-state index in [0.29, 0.717) is 30.3 Å². The van der Waals surface area contributed by atoms with Gasteiger partial charge in [-0.1, -0.05) is 35.9 Å². The summed E-state index contributed by atoms with van der Waals surface area (Å²) in [6, 6.07) is 18.8. The van der Waals surface area contributed by atoms with Gasteiger partial charge in [-0.15, -0.1) is 0 Å². The molecule has 1 unspecified atom stereocenters. The summed E-state index contributed by atoms with van der Waals surface area (Å²) in [5.41, 5.74) is 3.90. The van der Waals surface area contributed by atoms with Crippen LogP contribution in [0.15, 0.2) is 73.1 Å². The molecule has 7 heteroatoms. The van der Waals surface area contributed by atoms with Crippen LogP contribution in [0.4, 0.5) is 0 Å². The molecule has 1 aliphatic rings. The van der Waals surface area contributed by atoms with Crippen molar-refractivity contribution < 1.29 is 9.53 Å². The molecule has 0 spiro atoms. The number of carbonyl (C=O) groups excluding carboxylic acids is 1. The summed E-state index contributed by atoms with van der Waals surface area (Å²) >= 11 is 6.16. The lowest BCUT2D eigenvalue weighted by atomic mass is 10.1. The van der Waals surface area contributed by atoms with Gasteiger partial charge >= 0.3 is 0 Å². The van der Waals surface area contributed by atoms with Gasteiger partial charge in [-0.25, -0.2) is 9.97 Å². The lowest BCUT2D eigenvalue weighted by Gasteiger charge is -2.32. The molecule has 30 heavy (non-hydrogen) atoms. The predicted octanol–water partition coefficient (Wildman–Crippen LogP) is 4.26. The Kier molecular flexibility index (Phi) is 4.94. The van der Waals surface area contributed by atoms with Crippen LogP contribution in [0.2, 0.25) is 5.02 Å². The summed E-state index contributed by atoms with van der Waals surface area (Å²) in [6.07, 6.45) is 3.32. The van der Waals surface area contributed by atoms with Gasteiger partial charge in [0.15, 0.2) is 0 Å². The highest BCUT2D eigenvalue weighted by Crippen LogP contribution is 2.26. The van der Waals surface area contributed by atoms with Gasteiger partial charge in [0.2, 0.25) is 0 Å². The van der Waals surface area contributed by atoms with E-state index in [2.05, 4.69) is 4.98 Å². The summed E-state index contributed by atoms with van der Waals surface area (Å²) < 4.78 is 7.88. The first kappa shape index (κ1) is 18.8. The van der Waals surface area contributed by atoms with Gasteiger partial charge in [-0.05, 0) is 36.4 Å². The monoisotopic (exact) mass is 418 g/mol. The Morgan fingerprint density at radius 3 is 2.80 bits per heavy atom. The molecule has 1 saturated heterocycles. The summed E-state index contributed by atoms with van der Waals surface area (Å²) in [7, 11) is 0. The van der Waals surface area contributed by atoms with Crippen LogP contribution in [0, 0.1) is 0 Å². The molecule has 0 saturated carbocycles. The van der Waals surface area contributed by atoms with Crippen molar-refractivity contribution in [2.24, 2.45) is 0 Å². The molecule has 3 aromatic heterocycles. The molecule has 0 bridgehead atoms. The molecule has 0 aliphatic carbocycles. The molecule has 6 nitrogen and oxygen atoms in total. The van der Waals surface area contributed by atoms with Crippen LogP contribution in [0.5, 0.6) is 0 Å². The highest BCUT2D eigenvalue weighted by atomic mass is 35.5. The van der Waals surface area contributed by atoms with Crippen molar-refractivity contribution in [2.45, 2.75) is 6.10 Å². The molecule has 1 fully saturated rings. The second-order valence-electron chi connectivity index (χ2n) is 7.14. The predicted molar refractivity (Wildman–Crippen MR) is 114 cm³/mol. The van der Waals surface area contributed by atoms with E-state index >= 15 is 0 Å². The average Bonchev–Trinajstić information content (AvgIpc) is 3.22. The topological polar surface area (TPSA) is 59.7 Å². The van der Waals surface area contributed by atoms with E-state index in [9.17, 15) is 4.79 Å². The number of pyridine rings is 2. The number of amides is 1. The number of morpholine rings is 1. The van der Waals surface area contributed by atoms with E-state index in [1.807, 2.05) is 76.2 Å². The first-order chi connectivity index (χ1) is 14.7. The summed E-state index contributed by atoms with van der Waals surface area (Å²) in [5.74, 6) is 0.0106. The molecule has 0 N–H and O–H groups in total. The Bertz CT molecular complexity index is 1210. The Morgan fingerprint density at radius 2 is 1.93 bits per heavy atom. The van der Waals surface area contributed by atoms with Crippen molar-refractivity contribution >= 4 is 23.2 Å². The van der Waals surface area contributed by atoms with Crippen LogP contribution < -0.4 is 0 Å². The van der Waals surface area contributed by atoms with Gasteiger partial charge < -0.3 is 9.64 Å². The van der Waals surface area contributed by atoms with Gasteiger partial charge in [-0.3, -0.25) is 9.20 Å². The lowest BCUT2D eigenvalue weighted by molar-refractivity contribution is -0.0246. The third kappa shape index (κ3) is 3.56. The van der Waals surface area contributed by atoms with Crippen molar-refractivity contribution in [3.8, 4) is 11.4 Å². The van der Waals surface area contributed by atoms with Gasteiger partial charge in [0.05, 0.1) is 41.5 Å². The first-order valence-electron chi connectivity index (χ1n) is 9.75. The van der Waals surface area contributed by atoms with E-state index in [1.165, 1.54) is 0 Å². The number of carbonyl (C=O) groups is 1. The highest BCUT2D eigenvalue weighted by Gasteiger charge is 2.27. The number of hydrogen-bond donors (Lipinski definition) is 0. The molecule has 1 aliphatic heterocycles. The van der Waals surface area contributed by atoms with Crippen LogP contribution in [-0.4, -0.2) is 44.9 Å². The molecule has 5 rings (SSSR count). The zero-order chi connectivity index (χ0) is 20.5. The molecule has 1 atom stereocenters. The second kappa shape index (κ2) is 7.89.